The second-order valence-corrected chi connectivity index (χ2v) is 3.77. The van der Waals surface area contributed by atoms with E-state index < -0.39 is 0 Å². The van der Waals surface area contributed by atoms with Gasteiger partial charge in [-0.3, -0.25) is 4.79 Å². The van der Waals surface area contributed by atoms with Gasteiger partial charge in [0.05, 0.1) is 0 Å². The van der Waals surface area contributed by atoms with Crippen molar-refractivity contribution in [1.82, 2.24) is 0 Å². The highest BCUT2D eigenvalue weighted by Crippen LogP contribution is 2.20. The molecule has 2 heteroatoms. The summed E-state index contributed by atoms with van der Waals surface area (Å²) >= 11 is 0. The minimum Gasteiger partial charge on any atom is -0.326 e. The first-order valence-corrected chi connectivity index (χ1v) is 5.66. The Bertz CT molecular complexity index is 488. The molecule has 0 aromatic heterocycles. The van der Waals surface area contributed by atoms with E-state index >= 15 is 0 Å². The molecular formula is C15H14NO. The van der Waals surface area contributed by atoms with Crippen LogP contribution in [0.25, 0.3) is 11.1 Å². The minimum absolute atomic E-state index is 0.0343. The van der Waals surface area contributed by atoms with Gasteiger partial charge in [0.15, 0.2) is 0 Å². The van der Waals surface area contributed by atoms with Gasteiger partial charge in [0.1, 0.15) is 0 Å². The Hall–Kier alpha value is -2.09. The molecule has 0 aliphatic rings. The van der Waals surface area contributed by atoms with Crippen molar-refractivity contribution >= 4 is 11.6 Å². The molecule has 0 aliphatic carbocycles. The number of amides is 1. The molecule has 0 spiro atoms. The summed E-state index contributed by atoms with van der Waals surface area (Å²) in [7, 11) is 0. The van der Waals surface area contributed by atoms with Crippen molar-refractivity contribution in [3.63, 3.8) is 0 Å². The lowest BCUT2D eigenvalue weighted by molar-refractivity contribution is -0.115. The molecule has 0 aliphatic heterocycles. The zero-order valence-electron chi connectivity index (χ0n) is 9.73. The third-order valence-electron chi connectivity index (χ3n) is 2.54. The van der Waals surface area contributed by atoms with E-state index in [9.17, 15) is 4.79 Å². The smallest absolute Gasteiger partial charge is 0.224 e. The molecule has 2 aromatic carbocycles. The predicted octanol–water partition coefficient (Wildman–Crippen LogP) is 3.50. The van der Waals surface area contributed by atoms with Gasteiger partial charge in [-0.05, 0) is 29.3 Å². The van der Waals surface area contributed by atoms with E-state index in [4.69, 9.17) is 0 Å². The Kier molecular flexibility index (Phi) is 3.55. The summed E-state index contributed by atoms with van der Waals surface area (Å²) in [5.41, 5.74) is 3.12. The van der Waals surface area contributed by atoms with Crippen LogP contribution in [0, 0.1) is 6.07 Å². The van der Waals surface area contributed by atoms with Crippen LogP contribution < -0.4 is 5.32 Å². The molecule has 0 heterocycles. The minimum atomic E-state index is 0.0343. The Morgan fingerprint density at radius 2 is 1.65 bits per heavy atom. The van der Waals surface area contributed by atoms with E-state index in [-0.39, 0.29) is 5.91 Å². The van der Waals surface area contributed by atoms with Gasteiger partial charge in [-0.1, -0.05) is 43.3 Å². The van der Waals surface area contributed by atoms with Crippen LogP contribution in [0.4, 0.5) is 5.69 Å². The molecule has 85 valence electrons. The van der Waals surface area contributed by atoms with Crippen molar-refractivity contribution in [3.8, 4) is 11.1 Å². The SMILES string of the molecule is CCC(=O)Nc1ccc(-c2cc[c]cc2)cc1. The van der Waals surface area contributed by atoms with Crippen LogP contribution in [0.3, 0.4) is 0 Å². The van der Waals surface area contributed by atoms with Gasteiger partial charge in [0, 0.05) is 12.1 Å². The molecular weight excluding hydrogens is 210 g/mol. The van der Waals surface area contributed by atoms with Crippen LogP contribution in [0.2, 0.25) is 0 Å². The van der Waals surface area contributed by atoms with Crippen LogP contribution >= 0.6 is 0 Å². The highest BCUT2D eigenvalue weighted by molar-refractivity contribution is 5.90. The molecule has 2 rings (SSSR count). The molecule has 1 radical (unpaired) electrons. The van der Waals surface area contributed by atoms with Crippen molar-refractivity contribution in [2.24, 2.45) is 0 Å². The Balaban J connectivity index is 2.16. The van der Waals surface area contributed by atoms with Crippen molar-refractivity contribution in [2.75, 3.05) is 5.32 Å². The molecule has 0 bridgehead atoms. The van der Waals surface area contributed by atoms with Crippen LogP contribution in [-0.2, 0) is 4.79 Å². The molecule has 0 atom stereocenters. The summed E-state index contributed by atoms with van der Waals surface area (Å²) in [5.74, 6) is 0.0343. The molecule has 1 N–H and O–H groups in total. The second-order valence-electron chi connectivity index (χ2n) is 3.77. The van der Waals surface area contributed by atoms with Gasteiger partial charge < -0.3 is 5.32 Å². The Labute approximate surface area is 101 Å². The number of hydrogen-bond acceptors (Lipinski definition) is 1. The summed E-state index contributed by atoms with van der Waals surface area (Å²) in [5, 5.41) is 2.83. The number of rotatable bonds is 3. The van der Waals surface area contributed by atoms with Gasteiger partial charge in [0.25, 0.3) is 0 Å². The van der Waals surface area contributed by atoms with Crippen LogP contribution in [0.1, 0.15) is 13.3 Å². The first-order valence-electron chi connectivity index (χ1n) is 5.66. The molecule has 0 unspecified atom stereocenters. The molecule has 0 saturated carbocycles. The summed E-state index contributed by atoms with van der Waals surface area (Å²) in [6.07, 6.45) is 0.496. The van der Waals surface area contributed by atoms with Crippen molar-refractivity contribution in [2.45, 2.75) is 13.3 Å². The molecule has 17 heavy (non-hydrogen) atoms. The van der Waals surface area contributed by atoms with Crippen LogP contribution in [-0.4, -0.2) is 5.91 Å². The average Bonchev–Trinajstić information content (AvgIpc) is 2.40. The number of carbonyl (C=O) groups excluding carboxylic acids is 1. The monoisotopic (exact) mass is 224 g/mol. The van der Waals surface area contributed by atoms with Gasteiger partial charge in [-0.25, -0.2) is 0 Å². The topological polar surface area (TPSA) is 29.1 Å². The zero-order valence-corrected chi connectivity index (χ0v) is 9.73. The largest absolute Gasteiger partial charge is 0.326 e. The van der Waals surface area contributed by atoms with E-state index in [0.29, 0.717) is 6.42 Å². The third-order valence-corrected chi connectivity index (χ3v) is 2.54. The number of benzene rings is 2. The van der Waals surface area contributed by atoms with Gasteiger partial charge in [-0.2, -0.15) is 0 Å². The highest BCUT2D eigenvalue weighted by Gasteiger charge is 2.00. The fourth-order valence-corrected chi connectivity index (χ4v) is 1.57. The second kappa shape index (κ2) is 5.30. The van der Waals surface area contributed by atoms with E-state index in [0.717, 1.165) is 16.8 Å². The lowest BCUT2D eigenvalue weighted by Gasteiger charge is -2.05. The van der Waals surface area contributed by atoms with Gasteiger partial charge >= 0.3 is 0 Å². The third kappa shape index (κ3) is 2.94. The van der Waals surface area contributed by atoms with E-state index in [1.165, 1.54) is 0 Å². The van der Waals surface area contributed by atoms with E-state index in [1.54, 1.807) is 0 Å². The molecule has 2 nitrogen and oxygen atoms in total. The summed E-state index contributed by atoms with van der Waals surface area (Å²) < 4.78 is 0. The van der Waals surface area contributed by atoms with Crippen molar-refractivity contribution < 1.29 is 4.79 Å². The summed E-state index contributed by atoms with van der Waals surface area (Å²) in [4.78, 5) is 11.2. The van der Waals surface area contributed by atoms with Crippen molar-refractivity contribution in [1.29, 1.82) is 0 Å². The van der Waals surface area contributed by atoms with E-state index in [2.05, 4.69) is 11.4 Å². The molecule has 1 amide bonds. The summed E-state index contributed by atoms with van der Waals surface area (Å²) in [6, 6.07) is 18.6. The molecule has 0 saturated heterocycles. The van der Waals surface area contributed by atoms with Crippen LogP contribution in [0.5, 0.6) is 0 Å². The number of nitrogens with one attached hydrogen (secondary N) is 1. The number of anilines is 1. The fraction of sp³-hybridized carbons (Fsp3) is 0.133. The highest BCUT2D eigenvalue weighted by atomic mass is 16.1. The number of hydrogen-bond donors (Lipinski definition) is 1. The average molecular weight is 224 g/mol. The molecule has 0 fully saturated rings. The standard InChI is InChI=1S/C15H14NO/c1-2-15(17)16-14-10-8-13(9-11-14)12-6-4-3-5-7-12/h4-11H,2H2,1H3,(H,16,17). The fourth-order valence-electron chi connectivity index (χ4n) is 1.57. The first-order chi connectivity index (χ1) is 8.29. The lowest BCUT2D eigenvalue weighted by atomic mass is 10.1. The maximum atomic E-state index is 11.2. The Morgan fingerprint density at radius 1 is 1.06 bits per heavy atom. The van der Waals surface area contributed by atoms with Gasteiger partial charge in [0.2, 0.25) is 5.91 Å². The lowest BCUT2D eigenvalue weighted by Crippen LogP contribution is -2.08. The first kappa shape index (κ1) is 11.4. The zero-order chi connectivity index (χ0) is 12.1. The Morgan fingerprint density at radius 3 is 2.24 bits per heavy atom. The van der Waals surface area contributed by atoms with Gasteiger partial charge in [-0.15, -0.1) is 0 Å². The predicted molar refractivity (Wildman–Crippen MR) is 69.6 cm³/mol. The van der Waals surface area contributed by atoms with E-state index in [1.807, 2.05) is 55.5 Å². The quantitative estimate of drug-likeness (QED) is 0.849. The van der Waals surface area contributed by atoms with Crippen LogP contribution in [0.15, 0.2) is 48.5 Å². The van der Waals surface area contributed by atoms with Crippen molar-refractivity contribution in [3.05, 3.63) is 54.6 Å². The maximum Gasteiger partial charge on any atom is 0.224 e. The summed E-state index contributed by atoms with van der Waals surface area (Å²) in [6.45, 7) is 1.84. The normalized spacial score (nSPS) is 9.94. The molecule has 2 aromatic rings. The number of carbonyl (C=O) groups is 1. The maximum absolute atomic E-state index is 11.2.